The van der Waals surface area contributed by atoms with Crippen LogP contribution in [0.1, 0.15) is 16.2 Å². The zero-order chi connectivity index (χ0) is 24.1. The molecule has 0 aliphatic carbocycles. The molecule has 2 N–H and O–H groups in total. The van der Waals surface area contributed by atoms with Gasteiger partial charge in [-0.15, -0.1) is 0 Å². The highest BCUT2D eigenvalue weighted by Crippen LogP contribution is 2.24. The highest BCUT2D eigenvalue weighted by molar-refractivity contribution is 7.90. The van der Waals surface area contributed by atoms with Crippen LogP contribution in [-0.4, -0.2) is 69.8 Å². The van der Waals surface area contributed by atoms with Gasteiger partial charge in [0.2, 0.25) is 5.95 Å². The summed E-state index contributed by atoms with van der Waals surface area (Å²) in [6.07, 6.45) is -0.788. The Hall–Kier alpha value is -4.01. The number of esters is 1. The molecular formula is C17H20N6O8S. The van der Waals surface area contributed by atoms with Crippen LogP contribution in [0.4, 0.5) is 21.2 Å². The maximum Gasteiger partial charge on any atom is 0.413 e. The molecule has 0 atom stereocenters. The van der Waals surface area contributed by atoms with Crippen LogP contribution in [0.2, 0.25) is 0 Å². The topological polar surface area (TPSA) is 179 Å². The number of anilines is 2. The number of amides is 3. The lowest BCUT2D eigenvalue weighted by Crippen LogP contribution is -2.36. The highest BCUT2D eigenvalue weighted by Gasteiger charge is 2.27. The average molecular weight is 468 g/mol. The number of hydrogen-bond acceptors (Lipinski definition) is 11. The molecule has 14 nitrogen and oxygen atoms in total. The van der Waals surface area contributed by atoms with Crippen molar-refractivity contribution in [3.05, 3.63) is 29.6 Å². The molecule has 0 bridgehead atoms. The van der Waals surface area contributed by atoms with Crippen LogP contribution in [0.15, 0.2) is 23.1 Å². The standard InChI is InChI=1S/C17H20N6O8S/c1-9-18-14(21-16(19-9)30-4)20-15(25)22-32(27,28)12-8-10(23(2)17(26)31-5)6-7-11(12)13(24)29-3/h6-8H,1-5H3,(H2,18,19,20,21,22,25). The maximum absolute atomic E-state index is 12.9. The number of rotatable bonds is 6. The summed E-state index contributed by atoms with van der Waals surface area (Å²) in [7, 11) is 0.204. The summed E-state index contributed by atoms with van der Waals surface area (Å²) in [4.78, 5) is 48.0. The van der Waals surface area contributed by atoms with E-state index in [2.05, 4.69) is 29.7 Å². The van der Waals surface area contributed by atoms with E-state index < -0.39 is 33.0 Å². The van der Waals surface area contributed by atoms with E-state index >= 15 is 0 Å². The Labute approximate surface area is 183 Å². The van der Waals surface area contributed by atoms with E-state index in [1.165, 1.54) is 27.1 Å². The van der Waals surface area contributed by atoms with Gasteiger partial charge in [0, 0.05) is 12.7 Å². The first-order valence-electron chi connectivity index (χ1n) is 8.67. The summed E-state index contributed by atoms with van der Waals surface area (Å²) in [6.45, 7) is 1.51. The van der Waals surface area contributed by atoms with Crippen molar-refractivity contribution in [3.63, 3.8) is 0 Å². The molecular weight excluding hydrogens is 448 g/mol. The van der Waals surface area contributed by atoms with Crippen LogP contribution < -0.4 is 19.7 Å². The first-order chi connectivity index (χ1) is 15.0. The molecule has 0 saturated carbocycles. The molecule has 0 saturated heterocycles. The Balaban J connectivity index is 2.40. The second kappa shape index (κ2) is 9.86. The zero-order valence-corrected chi connectivity index (χ0v) is 18.5. The van der Waals surface area contributed by atoms with E-state index in [4.69, 9.17) is 4.74 Å². The third-order valence-electron chi connectivity index (χ3n) is 3.86. The second-order valence-corrected chi connectivity index (χ2v) is 7.60. The average Bonchev–Trinajstić information content (AvgIpc) is 2.76. The summed E-state index contributed by atoms with van der Waals surface area (Å²) < 4.78 is 41.6. The van der Waals surface area contributed by atoms with Gasteiger partial charge in [0.1, 0.15) is 10.7 Å². The number of sulfonamides is 1. The number of benzene rings is 1. The first kappa shape index (κ1) is 24.3. The van der Waals surface area contributed by atoms with E-state index in [-0.39, 0.29) is 29.0 Å². The molecule has 2 aromatic rings. The van der Waals surface area contributed by atoms with Crippen molar-refractivity contribution in [2.45, 2.75) is 11.8 Å². The van der Waals surface area contributed by atoms with Gasteiger partial charge in [0.05, 0.1) is 26.9 Å². The third kappa shape index (κ3) is 5.57. The Kier molecular flexibility index (Phi) is 7.48. The van der Waals surface area contributed by atoms with Gasteiger partial charge in [-0.05, 0) is 25.1 Å². The lowest BCUT2D eigenvalue weighted by Gasteiger charge is -2.18. The van der Waals surface area contributed by atoms with Crippen molar-refractivity contribution < 1.29 is 37.0 Å². The largest absolute Gasteiger partial charge is 0.467 e. The minimum absolute atomic E-state index is 0.0723. The van der Waals surface area contributed by atoms with Gasteiger partial charge in [0.25, 0.3) is 10.0 Å². The number of carbonyl (C=O) groups is 3. The van der Waals surface area contributed by atoms with Crippen LogP contribution in [0.5, 0.6) is 6.01 Å². The minimum Gasteiger partial charge on any atom is -0.467 e. The molecule has 0 aliphatic rings. The fraction of sp³-hybridized carbons (Fsp3) is 0.294. The van der Waals surface area contributed by atoms with Crippen molar-refractivity contribution in [1.82, 2.24) is 19.7 Å². The van der Waals surface area contributed by atoms with Gasteiger partial charge in [-0.2, -0.15) is 15.0 Å². The summed E-state index contributed by atoms with van der Waals surface area (Å²) in [5.41, 5.74) is -0.296. The molecule has 32 heavy (non-hydrogen) atoms. The molecule has 1 heterocycles. The molecule has 1 aromatic carbocycles. The summed E-state index contributed by atoms with van der Waals surface area (Å²) in [5, 5.41) is 2.14. The molecule has 0 aliphatic heterocycles. The number of nitrogens with one attached hydrogen (secondary N) is 2. The van der Waals surface area contributed by atoms with Crippen LogP contribution in [0.3, 0.4) is 0 Å². The van der Waals surface area contributed by atoms with E-state index in [0.29, 0.717) is 0 Å². The number of methoxy groups -OCH3 is 3. The SMILES string of the molecule is COC(=O)c1ccc(N(C)C(=O)OC)cc1S(=O)(=O)NC(=O)Nc1nc(C)nc(OC)n1. The van der Waals surface area contributed by atoms with Crippen LogP contribution in [0, 0.1) is 6.92 Å². The van der Waals surface area contributed by atoms with E-state index in [1.54, 1.807) is 4.72 Å². The Morgan fingerprint density at radius 2 is 1.72 bits per heavy atom. The smallest absolute Gasteiger partial charge is 0.413 e. The predicted octanol–water partition coefficient (Wildman–Crippen LogP) is 0.688. The van der Waals surface area contributed by atoms with Gasteiger partial charge in [-0.3, -0.25) is 10.2 Å². The number of nitrogens with zero attached hydrogens (tertiary/aromatic N) is 4. The highest BCUT2D eigenvalue weighted by atomic mass is 32.2. The molecule has 15 heteroatoms. The molecule has 0 spiro atoms. The van der Waals surface area contributed by atoms with Gasteiger partial charge in [-0.1, -0.05) is 0 Å². The number of hydrogen-bond donors (Lipinski definition) is 2. The van der Waals surface area contributed by atoms with Crippen molar-refractivity contribution >= 4 is 39.8 Å². The number of ether oxygens (including phenoxy) is 3. The summed E-state index contributed by atoms with van der Waals surface area (Å²) >= 11 is 0. The van der Waals surface area contributed by atoms with Crippen molar-refractivity contribution in [2.24, 2.45) is 0 Å². The summed E-state index contributed by atoms with van der Waals surface area (Å²) in [5.74, 6) is -1.04. The molecule has 2 rings (SSSR count). The molecule has 0 unspecified atom stereocenters. The van der Waals surface area contributed by atoms with E-state index in [0.717, 1.165) is 31.3 Å². The van der Waals surface area contributed by atoms with Gasteiger partial charge in [0.15, 0.2) is 0 Å². The van der Waals surface area contributed by atoms with Crippen molar-refractivity contribution in [3.8, 4) is 6.01 Å². The predicted molar refractivity (Wildman–Crippen MR) is 109 cm³/mol. The second-order valence-electron chi connectivity index (χ2n) is 5.95. The number of carbonyl (C=O) groups excluding carboxylic acids is 3. The molecule has 172 valence electrons. The van der Waals surface area contributed by atoms with Crippen molar-refractivity contribution in [2.75, 3.05) is 38.6 Å². The van der Waals surface area contributed by atoms with Gasteiger partial charge in [-0.25, -0.2) is 27.5 Å². The fourth-order valence-electron chi connectivity index (χ4n) is 2.37. The van der Waals surface area contributed by atoms with Crippen LogP contribution >= 0.6 is 0 Å². The monoisotopic (exact) mass is 468 g/mol. The first-order valence-corrected chi connectivity index (χ1v) is 10.1. The Morgan fingerprint density at radius 1 is 1.03 bits per heavy atom. The lowest BCUT2D eigenvalue weighted by atomic mass is 10.2. The summed E-state index contributed by atoms with van der Waals surface area (Å²) in [6, 6.07) is 2.13. The number of aromatic nitrogens is 3. The molecule has 3 amide bonds. The van der Waals surface area contributed by atoms with Crippen LogP contribution in [-0.2, 0) is 19.5 Å². The van der Waals surface area contributed by atoms with Gasteiger partial charge >= 0.3 is 24.1 Å². The molecule has 1 aromatic heterocycles. The van der Waals surface area contributed by atoms with E-state index in [1.807, 2.05) is 0 Å². The van der Waals surface area contributed by atoms with Crippen LogP contribution in [0.25, 0.3) is 0 Å². The quantitative estimate of drug-likeness (QED) is 0.569. The number of urea groups is 1. The van der Waals surface area contributed by atoms with Gasteiger partial charge < -0.3 is 14.2 Å². The molecule has 0 radical (unpaired) electrons. The number of aryl methyl sites for hydroxylation is 1. The maximum atomic E-state index is 12.9. The zero-order valence-electron chi connectivity index (χ0n) is 17.7. The minimum atomic E-state index is -4.62. The molecule has 0 fully saturated rings. The van der Waals surface area contributed by atoms with Crippen molar-refractivity contribution in [1.29, 1.82) is 0 Å². The third-order valence-corrected chi connectivity index (χ3v) is 5.23. The normalized spacial score (nSPS) is 10.7. The fourth-order valence-corrected chi connectivity index (χ4v) is 3.49. The Bertz CT molecular complexity index is 1150. The van der Waals surface area contributed by atoms with E-state index in [9.17, 15) is 22.8 Å². The lowest BCUT2D eigenvalue weighted by molar-refractivity contribution is 0.0596. The Morgan fingerprint density at radius 3 is 2.31 bits per heavy atom.